The number of anilines is 1. The minimum absolute atomic E-state index is 0.316. The minimum atomic E-state index is -1.82. The molecule has 0 aliphatic carbocycles. The molecule has 7 nitrogen and oxygen atoms in total. The number of fused-ring (bicyclic) bond motifs is 1. The van der Waals surface area contributed by atoms with E-state index in [4.69, 9.17) is 5.11 Å². The highest BCUT2D eigenvalue weighted by Gasteiger charge is 2.33. The third-order valence-electron chi connectivity index (χ3n) is 3.30. The van der Waals surface area contributed by atoms with Crippen LogP contribution in [0.1, 0.15) is 0 Å². The van der Waals surface area contributed by atoms with Gasteiger partial charge in [0.1, 0.15) is 0 Å². The lowest BCUT2D eigenvalue weighted by molar-refractivity contribution is -0.125. The molecule has 1 aromatic carbocycles. The number of halogens is 1. The fraction of sp³-hybridized carbons (Fsp3) is 0.154. The summed E-state index contributed by atoms with van der Waals surface area (Å²) < 4.78 is 14.4. The van der Waals surface area contributed by atoms with Crippen LogP contribution in [0, 0.1) is 0 Å². The molecule has 8 heteroatoms. The molecule has 0 saturated carbocycles. The van der Waals surface area contributed by atoms with E-state index in [0.717, 1.165) is 9.47 Å². The average Bonchev–Trinajstić information content (AvgIpc) is 2.85. The highest BCUT2D eigenvalue weighted by atomic mass is 19.1. The van der Waals surface area contributed by atoms with Crippen molar-refractivity contribution in [2.24, 2.45) is 0 Å². The van der Waals surface area contributed by atoms with E-state index in [9.17, 15) is 18.8 Å². The molecule has 21 heavy (non-hydrogen) atoms. The zero-order valence-electron chi connectivity index (χ0n) is 10.6. The quantitative estimate of drug-likeness (QED) is 0.834. The molecule has 2 heterocycles. The van der Waals surface area contributed by atoms with Crippen molar-refractivity contribution in [3.63, 3.8) is 0 Å². The Kier molecular flexibility index (Phi) is 2.86. The largest absolute Gasteiger partial charge is 0.464 e. The Labute approximate surface area is 117 Å². The molecule has 0 spiro atoms. The van der Waals surface area contributed by atoms with Crippen molar-refractivity contribution in [3.05, 3.63) is 30.5 Å². The zero-order chi connectivity index (χ0) is 15.1. The van der Waals surface area contributed by atoms with Crippen LogP contribution in [0.5, 0.6) is 0 Å². The van der Waals surface area contributed by atoms with E-state index in [2.05, 4.69) is 0 Å². The van der Waals surface area contributed by atoms with Crippen molar-refractivity contribution in [1.82, 2.24) is 9.88 Å². The lowest BCUT2D eigenvalue weighted by Crippen LogP contribution is -2.55. The molecule has 2 aromatic rings. The Morgan fingerprint density at radius 1 is 1.33 bits per heavy atom. The maximum atomic E-state index is 13.4. The number of aromatic nitrogens is 1. The van der Waals surface area contributed by atoms with Gasteiger partial charge in [0.15, 0.2) is 6.17 Å². The molecular formula is C13H10FN3O4. The van der Waals surface area contributed by atoms with Gasteiger partial charge in [-0.25, -0.2) is 14.0 Å². The predicted molar refractivity (Wildman–Crippen MR) is 71.1 cm³/mol. The number of carbonyl (C=O) groups excluding carboxylic acids is 2. The summed E-state index contributed by atoms with van der Waals surface area (Å²) in [4.78, 5) is 35.0. The second-order valence-corrected chi connectivity index (χ2v) is 4.58. The molecule has 1 aromatic heterocycles. The minimum Gasteiger partial charge on any atom is -0.464 e. The summed E-state index contributed by atoms with van der Waals surface area (Å²) in [6, 6.07) is 5.54. The number of imide groups is 1. The monoisotopic (exact) mass is 291 g/mol. The number of hydrogen-bond donors (Lipinski definition) is 2. The first-order chi connectivity index (χ1) is 9.97. The molecule has 3 amide bonds. The fourth-order valence-electron chi connectivity index (χ4n) is 2.25. The summed E-state index contributed by atoms with van der Waals surface area (Å²) in [6.45, 7) is -0.399. The van der Waals surface area contributed by atoms with Crippen LogP contribution in [0.2, 0.25) is 0 Å². The van der Waals surface area contributed by atoms with Gasteiger partial charge in [-0.05, 0) is 18.2 Å². The van der Waals surface area contributed by atoms with Gasteiger partial charge in [0.2, 0.25) is 0 Å². The van der Waals surface area contributed by atoms with E-state index in [1.807, 2.05) is 5.32 Å². The Morgan fingerprint density at radius 3 is 2.81 bits per heavy atom. The van der Waals surface area contributed by atoms with Crippen LogP contribution in [-0.2, 0) is 4.79 Å². The first-order valence-electron chi connectivity index (χ1n) is 6.08. The number of rotatable bonds is 1. The number of amides is 3. The van der Waals surface area contributed by atoms with Gasteiger partial charge in [-0.15, -0.1) is 0 Å². The summed E-state index contributed by atoms with van der Waals surface area (Å²) >= 11 is 0. The van der Waals surface area contributed by atoms with Crippen LogP contribution in [0.4, 0.5) is 19.7 Å². The van der Waals surface area contributed by atoms with Gasteiger partial charge in [0.05, 0.1) is 12.1 Å². The van der Waals surface area contributed by atoms with Crippen LogP contribution >= 0.6 is 0 Å². The third kappa shape index (κ3) is 2.10. The number of carboxylic acid groups (broad SMARTS) is 1. The first kappa shape index (κ1) is 13.1. The van der Waals surface area contributed by atoms with E-state index < -0.39 is 30.7 Å². The van der Waals surface area contributed by atoms with E-state index in [1.54, 1.807) is 18.2 Å². The van der Waals surface area contributed by atoms with Crippen LogP contribution in [0.25, 0.3) is 10.9 Å². The van der Waals surface area contributed by atoms with E-state index in [1.165, 1.54) is 12.3 Å². The molecule has 1 aliphatic heterocycles. The smallest absolute Gasteiger partial charge is 0.416 e. The Balaban J connectivity index is 2.04. The van der Waals surface area contributed by atoms with Crippen molar-refractivity contribution < 1.29 is 23.9 Å². The van der Waals surface area contributed by atoms with Gasteiger partial charge in [-0.3, -0.25) is 19.6 Å². The second-order valence-electron chi connectivity index (χ2n) is 4.58. The number of hydrogen-bond acceptors (Lipinski definition) is 3. The predicted octanol–water partition coefficient (Wildman–Crippen LogP) is 1.56. The van der Waals surface area contributed by atoms with Crippen LogP contribution < -0.4 is 10.2 Å². The number of alkyl halides is 1. The Hall–Kier alpha value is -2.90. The normalized spacial score (nSPS) is 18.9. The van der Waals surface area contributed by atoms with Crippen LogP contribution in [0.3, 0.4) is 0 Å². The van der Waals surface area contributed by atoms with Crippen molar-refractivity contribution in [3.8, 4) is 0 Å². The number of nitrogens with zero attached hydrogens (tertiary/aromatic N) is 2. The lowest BCUT2D eigenvalue weighted by atomic mass is 10.2. The first-order valence-corrected chi connectivity index (χ1v) is 6.08. The maximum absolute atomic E-state index is 13.4. The highest BCUT2D eigenvalue weighted by molar-refractivity contribution is 6.08. The molecule has 1 aliphatic rings. The third-order valence-corrected chi connectivity index (χ3v) is 3.30. The zero-order valence-corrected chi connectivity index (χ0v) is 10.6. The molecule has 0 radical (unpaired) electrons. The summed E-state index contributed by atoms with van der Waals surface area (Å²) in [5.74, 6) is -0.966. The number of urea groups is 1. The number of carbonyl (C=O) groups is 3. The van der Waals surface area contributed by atoms with Gasteiger partial charge >= 0.3 is 12.1 Å². The Bertz CT molecular complexity index is 770. The summed E-state index contributed by atoms with van der Waals surface area (Å²) in [5, 5.41) is 11.6. The topological polar surface area (TPSA) is 91.6 Å². The van der Waals surface area contributed by atoms with E-state index in [0.29, 0.717) is 16.6 Å². The molecular weight excluding hydrogens is 281 g/mol. The molecule has 1 saturated heterocycles. The molecule has 2 N–H and O–H groups in total. The van der Waals surface area contributed by atoms with Gasteiger partial charge in [0.25, 0.3) is 5.91 Å². The summed E-state index contributed by atoms with van der Waals surface area (Å²) in [6.07, 6.45) is -1.59. The SMILES string of the molecule is O=C1NC(=O)N(c2ccc3ccn(C(=O)O)c3c2)CC1F. The van der Waals surface area contributed by atoms with Crippen molar-refractivity contribution >= 4 is 34.6 Å². The molecule has 0 bridgehead atoms. The van der Waals surface area contributed by atoms with Crippen molar-refractivity contribution in [1.29, 1.82) is 0 Å². The highest BCUT2D eigenvalue weighted by Crippen LogP contribution is 2.25. The second kappa shape index (κ2) is 4.58. The molecule has 1 atom stereocenters. The Morgan fingerprint density at radius 2 is 2.10 bits per heavy atom. The fourth-order valence-corrected chi connectivity index (χ4v) is 2.25. The molecule has 108 valence electrons. The average molecular weight is 291 g/mol. The van der Waals surface area contributed by atoms with Crippen molar-refractivity contribution in [2.45, 2.75) is 6.17 Å². The van der Waals surface area contributed by atoms with E-state index in [-0.39, 0.29) is 0 Å². The van der Waals surface area contributed by atoms with Gasteiger partial charge < -0.3 is 5.11 Å². The standard InChI is InChI=1S/C13H10FN3O4/c14-9-6-17(12(19)15-11(9)18)8-2-1-7-3-4-16(13(20)21)10(7)5-8/h1-5,9H,6H2,(H,20,21)(H,15,18,19). The van der Waals surface area contributed by atoms with Gasteiger partial charge in [-0.2, -0.15) is 0 Å². The number of nitrogens with one attached hydrogen (secondary N) is 1. The summed E-state index contributed by atoms with van der Waals surface area (Å²) in [5.41, 5.74) is 0.691. The summed E-state index contributed by atoms with van der Waals surface area (Å²) in [7, 11) is 0. The van der Waals surface area contributed by atoms with E-state index >= 15 is 0 Å². The molecule has 1 fully saturated rings. The molecule has 3 rings (SSSR count). The van der Waals surface area contributed by atoms with Gasteiger partial charge in [-0.1, -0.05) is 6.07 Å². The lowest BCUT2D eigenvalue weighted by Gasteiger charge is -2.28. The van der Waals surface area contributed by atoms with Gasteiger partial charge in [0, 0.05) is 17.3 Å². The molecule has 1 unspecified atom stereocenters. The number of benzene rings is 1. The van der Waals surface area contributed by atoms with Crippen molar-refractivity contribution in [2.75, 3.05) is 11.4 Å². The van der Waals surface area contributed by atoms with Crippen LogP contribution in [0.15, 0.2) is 30.5 Å². The van der Waals surface area contributed by atoms with Crippen LogP contribution in [-0.4, -0.2) is 40.4 Å². The maximum Gasteiger partial charge on any atom is 0.416 e.